The van der Waals surface area contributed by atoms with Crippen LogP contribution in [0.5, 0.6) is 17.4 Å². The average molecular weight is 1490 g/mol. The summed E-state index contributed by atoms with van der Waals surface area (Å²) in [6, 6.07) is 46.4. The number of carboxylic acid groups (broad SMARTS) is 3. The first-order chi connectivity index (χ1) is 50.6. The summed E-state index contributed by atoms with van der Waals surface area (Å²) < 4.78 is 44.1. The van der Waals surface area contributed by atoms with Gasteiger partial charge in [-0.05, 0) is 186 Å². The molecule has 1 aromatic heterocycles. The quantitative estimate of drug-likeness (QED) is 0.0388. The second-order valence-electron chi connectivity index (χ2n) is 26.6. The Labute approximate surface area is 624 Å². The first kappa shape index (κ1) is 74.7. The minimum atomic E-state index is -1.27. The van der Waals surface area contributed by atoms with E-state index in [4.69, 9.17) is 37.4 Å². The molecule has 7 aromatic carbocycles. The maximum atomic E-state index is 13.6. The van der Waals surface area contributed by atoms with E-state index in [-0.39, 0.29) is 62.1 Å². The lowest BCUT2D eigenvalue weighted by Gasteiger charge is -2.24. The molecule has 8 aromatic rings. The number of aliphatic carboxylic acids is 3. The van der Waals surface area contributed by atoms with Crippen molar-refractivity contribution >= 4 is 121 Å². The summed E-state index contributed by atoms with van der Waals surface area (Å²) in [6.07, 6.45) is 13.7. The van der Waals surface area contributed by atoms with Crippen LogP contribution in [-0.4, -0.2) is 114 Å². The SMILES string of the molecule is COc1ccc(NC(=O)c2ccccc2CC(=O)C[C@H](CC2=Nc3ccc(Cl)cc3C2)C(=O)O)cn1.O=C(O)C1(CC2=Cc3ccc(F)cc3C2)CSC(COc2ccccc2C2CCCCC2)=N1.O=C(c1ccc(Cl)cc1)c1ccc(OCC2=NC(CC3=Cc4ccc(F)cc4C3)(C(=O)O)CS2)cc1. The number of benzene rings is 7. The Morgan fingerprint density at radius 3 is 1.83 bits per heavy atom. The average Bonchev–Trinajstić information content (AvgIpc) is 1.63. The number of hydrogen-bond acceptors (Lipinski definition) is 15. The van der Waals surface area contributed by atoms with Crippen molar-refractivity contribution in [1.29, 1.82) is 0 Å². The number of carbonyl (C=O) groups excluding carboxylic acids is 3. The van der Waals surface area contributed by atoms with E-state index in [1.807, 2.05) is 30.4 Å². The topological polar surface area (TPSA) is 253 Å². The second-order valence-corrected chi connectivity index (χ2v) is 29.5. The number of hydrogen-bond donors (Lipinski definition) is 4. The fraction of sp³-hybridized carbons (Fsp3) is 0.268. The number of aromatic nitrogens is 1. The van der Waals surface area contributed by atoms with Crippen LogP contribution in [0.4, 0.5) is 20.2 Å². The van der Waals surface area contributed by atoms with Gasteiger partial charge in [0.05, 0.1) is 30.6 Å². The molecular weight excluding hydrogens is 1420 g/mol. The summed E-state index contributed by atoms with van der Waals surface area (Å²) in [5.41, 5.74) is 9.16. The predicted molar refractivity (Wildman–Crippen MR) is 407 cm³/mol. The Morgan fingerprint density at radius 1 is 0.638 bits per heavy atom. The number of ether oxygens (including phenoxy) is 3. The van der Waals surface area contributed by atoms with Crippen molar-refractivity contribution < 1.29 is 67.1 Å². The van der Waals surface area contributed by atoms with Gasteiger partial charge in [0.25, 0.3) is 5.91 Å². The van der Waals surface area contributed by atoms with Crippen molar-refractivity contribution in [2.45, 2.75) is 100 Å². The summed E-state index contributed by atoms with van der Waals surface area (Å²) in [6.45, 7) is 0.419. The monoisotopic (exact) mass is 1490 g/mol. The van der Waals surface area contributed by atoms with E-state index in [2.05, 4.69) is 37.4 Å². The number of methoxy groups -OCH3 is 1. The number of rotatable bonds is 25. The van der Waals surface area contributed by atoms with Gasteiger partial charge in [-0.3, -0.25) is 34.2 Å². The molecule has 3 atom stereocenters. The Hall–Kier alpha value is -10.1. The maximum absolute atomic E-state index is 13.6. The minimum absolute atomic E-state index is 0.0590. The fourth-order valence-electron chi connectivity index (χ4n) is 13.7. The first-order valence-electron chi connectivity index (χ1n) is 34.2. The zero-order valence-corrected chi connectivity index (χ0v) is 60.3. The Morgan fingerprint density at radius 2 is 1.23 bits per heavy atom. The normalized spacial score (nSPS) is 17.8. The van der Waals surface area contributed by atoms with Crippen molar-refractivity contribution in [1.82, 2.24) is 4.98 Å². The van der Waals surface area contributed by atoms with Crippen molar-refractivity contribution in [2.24, 2.45) is 20.9 Å². The molecule has 3 aliphatic carbocycles. The Bertz CT molecular complexity index is 4810. The third-order valence-electron chi connectivity index (χ3n) is 19.0. The van der Waals surface area contributed by atoms with Crippen molar-refractivity contribution in [3.63, 3.8) is 0 Å². The van der Waals surface area contributed by atoms with Gasteiger partial charge in [0.2, 0.25) is 5.88 Å². The minimum Gasteiger partial charge on any atom is -0.487 e. The molecule has 14 rings (SSSR count). The lowest BCUT2D eigenvalue weighted by molar-refractivity contribution is -0.143. The van der Waals surface area contributed by atoms with Crippen LogP contribution in [0.25, 0.3) is 12.2 Å². The van der Waals surface area contributed by atoms with Gasteiger partial charge in [0, 0.05) is 82.1 Å². The van der Waals surface area contributed by atoms with E-state index < -0.39 is 40.8 Å². The molecule has 2 unspecified atom stereocenters. The van der Waals surface area contributed by atoms with Crippen LogP contribution in [0.1, 0.15) is 129 Å². The molecule has 4 heterocycles. The largest absolute Gasteiger partial charge is 0.487 e. The summed E-state index contributed by atoms with van der Waals surface area (Å²) in [4.78, 5) is 92.5. The highest BCUT2D eigenvalue weighted by atomic mass is 35.5. The van der Waals surface area contributed by atoms with Gasteiger partial charge in [-0.15, -0.1) is 23.5 Å². The lowest BCUT2D eigenvalue weighted by Crippen LogP contribution is -2.37. The van der Waals surface area contributed by atoms with E-state index in [0.717, 1.165) is 55.4 Å². The Kier molecular flexibility index (Phi) is 24.0. The maximum Gasteiger partial charge on any atom is 0.332 e. The van der Waals surface area contributed by atoms with Crippen LogP contribution >= 0.6 is 46.7 Å². The van der Waals surface area contributed by atoms with Crippen LogP contribution in [0, 0.1) is 17.6 Å². The number of pyridine rings is 1. The smallest absolute Gasteiger partial charge is 0.332 e. The molecular formula is C82H73Cl2F2N5O12S2. The van der Waals surface area contributed by atoms with Crippen LogP contribution in [-0.2, 0) is 44.9 Å². The molecule has 1 amide bonds. The standard InChI is InChI=1S/C28H21ClFNO4S.C27H24ClN3O5.C27H28FNO3S/c29-22-6-1-18(2-7-22)26(32)19-4-9-24(10-5-19)35-15-25-31-28(16-36-25,27(33)34)14-17-11-20-3-8-23(30)13-21(20)12-17;1-36-25-9-7-20(15-29-25)31-26(33)23-5-3-2-4-16(23)13-22(32)14-18(27(34)35)12-21-11-17-10-19(28)6-8-24(17)30-21;28-22-11-10-20-12-18(13-21(20)14-22)15-27(26(30)31)17-33-25(29-27)16-32-24-9-5-4-8-23(24)19-6-2-1-3-7-19/h1-11,13H,12,14-16H2,(H,33,34);2-10,15,18H,11-14H2,1H3,(H,31,33)(H,34,35);4-5,8-12,14,19H,1-3,6-7,13,15-17H2,(H,30,31)/t;18-;/m.0./s1. The van der Waals surface area contributed by atoms with Crippen LogP contribution in [0.2, 0.25) is 10.0 Å². The number of aliphatic imine (C=N–C) groups is 3. The Balaban J connectivity index is 0.000000148. The first-order valence-corrected chi connectivity index (χ1v) is 37.0. The molecule has 3 aliphatic heterocycles. The summed E-state index contributed by atoms with van der Waals surface area (Å²) in [5, 5.41) is 35.0. The number of nitrogens with one attached hydrogen (secondary N) is 1. The number of anilines is 1. The fourth-order valence-corrected chi connectivity index (χ4v) is 16.2. The number of para-hydroxylation sites is 1. The molecule has 0 spiro atoms. The second kappa shape index (κ2) is 33.8. The van der Waals surface area contributed by atoms with Gasteiger partial charge in [-0.1, -0.05) is 114 Å². The van der Waals surface area contributed by atoms with E-state index in [0.29, 0.717) is 103 Å². The number of halogens is 4. The molecule has 6 aliphatic rings. The molecule has 23 heteroatoms. The van der Waals surface area contributed by atoms with Gasteiger partial charge in [0.15, 0.2) is 16.9 Å². The zero-order chi connectivity index (χ0) is 73.8. The van der Waals surface area contributed by atoms with Gasteiger partial charge in [-0.2, -0.15) is 0 Å². The number of amides is 1. The number of fused-ring (bicyclic) bond motifs is 3. The molecule has 17 nitrogen and oxygen atoms in total. The van der Waals surface area contributed by atoms with Gasteiger partial charge in [-0.25, -0.2) is 23.4 Å². The molecule has 0 bridgehead atoms. The van der Waals surface area contributed by atoms with Crippen molar-refractivity contribution in [2.75, 3.05) is 37.1 Å². The van der Waals surface area contributed by atoms with Gasteiger partial charge >= 0.3 is 17.9 Å². The number of nitrogens with zero attached hydrogens (tertiary/aromatic N) is 4. The predicted octanol–water partition coefficient (Wildman–Crippen LogP) is 17.3. The van der Waals surface area contributed by atoms with E-state index >= 15 is 0 Å². The molecule has 4 N–H and O–H groups in total. The number of carbonyl (C=O) groups is 6. The van der Waals surface area contributed by atoms with Gasteiger partial charge in [0.1, 0.15) is 52.2 Å². The summed E-state index contributed by atoms with van der Waals surface area (Å²) in [7, 11) is 1.50. The number of ketones is 2. The lowest BCUT2D eigenvalue weighted by atomic mass is 9.84. The highest BCUT2D eigenvalue weighted by molar-refractivity contribution is 8.14. The molecule has 1 saturated carbocycles. The molecule has 105 heavy (non-hydrogen) atoms. The van der Waals surface area contributed by atoms with E-state index in [1.54, 1.807) is 109 Å². The van der Waals surface area contributed by atoms with Crippen LogP contribution < -0.4 is 19.5 Å². The highest BCUT2D eigenvalue weighted by Crippen LogP contribution is 2.42. The third-order valence-corrected chi connectivity index (χ3v) is 21.8. The van der Waals surface area contributed by atoms with Gasteiger partial charge < -0.3 is 34.8 Å². The molecule has 0 radical (unpaired) electrons. The number of carboxylic acids is 3. The molecule has 538 valence electrons. The van der Waals surface area contributed by atoms with Crippen molar-refractivity contribution in [3.8, 4) is 17.4 Å². The van der Waals surface area contributed by atoms with Crippen LogP contribution in [0.3, 0.4) is 0 Å². The van der Waals surface area contributed by atoms with E-state index in [9.17, 15) is 52.9 Å². The molecule has 1 fully saturated rings. The van der Waals surface area contributed by atoms with Crippen molar-refractivity contribution in [3.05, 3.63) is 258 Å². The highest BCUT2D eigenvalue weighted by Gasteiger charge is 2.46. The number of thioether (sulfide) groups is 2. The summed E-state index contributed by atoms with van der Waals surface area (Å²) >= 11 is 14.8. The summed E-state index contributed by atoms with van der Waals surface area (Å²) in [5.74, 6) is -2.14. The molecule has 0 saturated heterocycles. The number of Topliss-reactive ketones (excluding diaryl/α,β-unsaturated/α-hetero) is 1. The van der Waals surface area contributed by atoms with Crippen LogP contribution in [0.15, 0.2) is 196 Å². The third kappa shape index (κ3) is 18.9. The van der Waals surface area contributed by atoms with E-state index in [1.165, 1.54) is 98.8 Å². The zero-order valence-electron chi connectivity index (χ0n) is 57.1.